The highest BCUT2D eigenvalue weighted by Gasteiger charge is 2.44. The van der Waals surface area contributed by atoms with Gasteiger partial charge >= 0.3 is 0 Å². The lowest BCUT2D eigenvalue weighted by Gasteiger charge is -2.43. The summed E-state index contributed by atoms with van der Waals surface area (Å²) in [7, 11) is -1.27. The summed E-state index contributed by atoms with van der Waals surface area (Å²) in [6.07, 6.45) is 2.83. The minimum absolute atomic E-state index is 0.0243. The van der Waals surface area contributed by atoms with E-state index in [9.17, 15) is 8.42 Å². The zero-order valence-electron chi connectivity index (χ0n) is 13.5. The van der Waals surface area contributed by atoms with E-state index in [0.717, 1.165) is 30.4 Å². The van der Waals surface area contributed by atoms with Crippen molar-refractivity contribution in [3.05, 3.63) is 35.4 Å². The molecule has 1 N–H and O–H groups in total. The van der Waals surface area contributed by atoms with Gasteiger partial charge in [-0.1, -0.05) is 44.5 Å². The standard InChI is InChI=1S/C17H27NO2S/c1-13-8-5-6-9-14(13)12-21(19,20)15-10-7-11-17(2,3)16(15)18-4/h5-6,8-9,15-16,18H,7,10-12H2,1-4H3. The lowest BCUT2D eigenvalue weighted by molar-refractivity contribution is 0.178. The van der Waals surface area contributed by atoms with Crippen LogP contribution in [0.3, 0.4) is 0 Å². The Labute approximate surface area is 129 Å². The van der Waals surface area contributed by atoms with Crippen molar-refractivity contribution in [2.24, 2.45) is 5.41 Å². The molecule has 1 saturated carbocycles. The van der Waals surface area contributed by atoms with Crippen LogP contribution in [0.1, 0.15) is 44.2 Å². The molecule has 0 saturated heterocycles. The van der Waals surface area contributed by atoms with Crippen LogP contribution in [-0.2, 0) is 15.6 Å². The van der Waals surface area contributed by atoms with E-state index in [2.05, 4.69) is 19.2 Å². The van der Waals surface area contributed by atoms with Gasteiger partial charge in [0.2, 0.25) is 0 Å². The molecule has 2 rings (SSSR count). The number of hydrogen-bond donors (Lipinski definition) is 1. The molecule has 4 heteroatoms. The fraction of sp³-hybridized carbons (Fsp3) is 0.647. The van der Waals surface area contributed by atoms with Crippen molar-refractivity contribution < 1.29 is 8.42 Å². The topological polar surface area (TPSA) is 46.2 Å². The van der Waals surface area contributed by atoms with Crippen LogP contribution in [0.25, 0.3) is 0 Å². The van der Waals surface area contributed by atoms with Gasteiger partial charge < -0.3 is 5.32 Å². The summed E-state index contributed by atoms with van der Waals surface area (Å²) in [5.41, 5.74) is 2.00. The highest BCUT2D eigenvalue weighted by atomic mass is 32.2. The predicted molar refractivity (Wildman–Crippen MR) is 88.1 cm³/mol. The maximum atomic E-state index is 12.9. The highest BCUT2D eigenvalue weighted by Crippen LogP contribution is 2.39. The Morgan fingerprint density at radius 1 is 1.29 bits per heavy atom. The molecular weight excluding hydrogens is 282 g/mol. The van der Waals surface area contributed by atoms with E-state index in [0.29, 0.717) is 0 Å². The molecule has 0 amide bonds. The van der Waals surface area contributed by atoms with Crippen molar-refractivity contribution in [3.63, 3.8) is 0 Å². The van der Waals surface area contributed by atoms with Gasteiger partial charge in [0.25, 0.3) is 0 Å². The van der Waals surface area contributed by atoms with Gasteiger partial charge in [-0.15, -0.1) is 0 Å². The maximum Gasteiger partial charge on any atom is 0.158 e. The van der Waals surface area contributed by atoms with E-state index in [-0.39, 0.29) is 22.5 Å². The highest BCUT2D eigenvalue weighted by molar-refractivity contribution is 7.91. The van der Waals surface area contributed by atoms with Crippen LogP contribution in [0.4, 0.5) is 0 Å². The van der Waals surface area contributed by atoms with Crippen LogP contribution in [0.15, 0.2) is 24.3 Å². The van der Waals surface area contributed by atoms with Gasteiger partial charge in [0.1, 0.15) is 0 Å². The lowest BCUT2D eigenvalue weighted by Crippen LogP contribution is -2.54. The molecule has 21 heavy (non-hydrogen) atoms. The summed E-state index contributed by atoms with van der Waals surface area (Å²) >= 11 is 0. The molecule has 0 bridgehead atoms. The summed E-state index contributed by atoms with van der Waals surface area (Å²) in [6, 6.07) is 7.80. The molecule has 0 spiro atoms. The van der Waals surface area contributed by atoms with Crippen molar-refractivity contribution in [1.82, 2.24) is 5.32 Å². The van der Waals surface area contributed by atoms with Gasteiger partial charge in [-0.3, -0.25) is 0 Å². The molecule has 1 aromatic rings. The molecule has 3 nitrogen and oxygen atoms in total. The summed E-state index contributed by atoms with van der Waals surface area (Å²) in [4.78, 5) is 0. The second-order valence-corrected chi connectivity index (χ2v) is 9.14. The predicted octanol–water partition coefficient (Wildman–Crippen LogP) is 3.08. The van der Waals surface area contributed by atoms with Gasteiger partial charge in [0, 0.05) is 6.04 Å². The zero-order valence-corrected chi connectivity index (χ0v) is 14.3. The minimum atomic E-state index is -3.15. The first kappa shape index (κ1) is 16.5. The third kappa shape index (κ3) is 3.49. The average Bonchev–Trinajstić information content (AvgIpc) is 2.40. The molecule has 0 aliphatic heterocycles. The van der Waals surface area contributed by atoms with E-state index < -0.39 is 9.84 Å². The number of nitrogens with one attached hydrogen (secondary N) is 1. The van der Waals surface area contributed by atoms with Crippen molar-refractivity contribution in [2.75, 3.05) is 7.05 Å². The van der Waals surface area contributed by atoms with Crippen molar-refractivity contribution in [1.29, 1.82) is 0 Å². The fourth-order valence-corrected chi connectivity index (χ4v) is 6.06. The molecular formula is C17H27NO2S. The van der Waals surface area contributed by atoms with E-state index in [1.54, 1.807) is 0 Å². The maximum absolute atomic E-state index is 12.9. The van der Waals surface area contributed by atoms with Crippen molar-refractivity contribution in [3.8, 4) is 0 Å². The molecule has 1 fully saturated rings. The van der Waals surface area contributed by atoms with E-state index in [4.69, 9.17) is 0 Å². The SMILES string of the molecule is CNC1C(S(=O)(=O)Cc2ccccc2C)CCCC1(C)C. The number of hydrogen-bond acceptors (Lipinski definition) is 3. The number of rotatable bonds is 4. The molecule has 1 aliphatic carbocycles. The normalized spacial score (nSPS) is 25.7. The third-order valence-electron chi connectivity index (χ3n) is 4.91. The summed E-state index contributed by atoms with van der Waals surface area (Å²) in [6.45, 7) is 6.32. The van der Waals surface area contributed by atoms with Gasteiger partial charge in [-0.05, 0) is 43.4 Å². The first-order valence-electron chi connectivity index (χ1n) is 7.71. The number of benzene rings is 1. The average molecular weight is 309 g/mol. The largest absolute Gasteiger partial charge is 0.315 e. The Balaban J connectivity index is 2.28. The van der Waals surface area contributed by atoms with Crippen LogP contribution in [-0.4, -0.2) is 26.8 Å². The van der Waals surface area contributed by atoms with Gasteiger partial charge in [-0.25, -0.2) is 8.42 Å². The van der Waals surface area contributed by atoms with Crippen LogP contribution in [0.2, 0.25) is 0 Å². The minimum Gasteiger partial charge on any atom is -0.315 e. The Bertz CT molecular complexity index is 593. The van der Waals surface area contributed by atoms with Crippen LogP contribution >= 0.6 is 0 Å². The quantitative estimate of drug-likeness (QED) is 0.929. The Morgan fingerprint density at radius 3 is 2.57 bits per heavy atom. The van der Waals surface area contributed by atoms with Crippen LogP contribution in [0, 0.1) is 12.3 Å². The fourth-order valence-electron chi connectivity index (χ4n) is 3.64. The van der Waals surface area contributed by atoms with E-state index >= 15 is 0 Å². The zero-order chi connectivity index (χ0) is 15.7. The third-order valence-corrected chi connectivity index (χ3v) is 7.06. The van der Waals surface area contributed by atoms with Gasteiger partial charge in [0.15, 0.2) is 9.84 Å². The molecule has 0 heterocycles. The second kappa shape index (κ2) is 6.09. The lowest BCUT2D eigenvalue weighted by atomic mass is 9.73. The molecule has 1 aromatic carbocycles. The van der Waals surface area contributed by atoms with E-state index in [1.807, 2.05) is 38.2 Å². The first-order chi connectivity index (χ1) is 9.78. The summed E-state index contributed by atoms with van der Waals surface area (Å²) in [5, 5.41) is 2.99. The van der Waals surface area contributed by atoms with Crippen molar-refractivity contribution >= 4 is 9.84 Å². The molecule has 0 radical (unpaired) electrons. The molecule has 2 atom stereocenters. The van der Waals surface area contributed by atoms with E-state index in [1.165, 1.54) is 0 Å². The van der Waals surface area contributed by atoms with Crippen LogP contribution < -0.4 is 5.32 Å². The summed E-state index contributed by atoms with van der Waals surface area (Å²) in [5.74, 6) is 0.151. The molecule has 0 aromatic heterocycles. The molecule has 118 valence electrons. The smallest absolute Gasteiger partial charge is 0.158 e. The first-order valence-corrected chi connectivity index (χ1v) is 9.43. The number of sulfone groups is 1. The second-order valence-electron chi connectivity index (χ2n) is 6.92. The Kier molecular flexibility index (Phi) is 4.79. The summed E-state index contributed by atoms with van der Waals surface area (Å²) < 4.78 is 25.8. The molecule has 1 aliphatic rings. The van der Waals surface area contributed by atoms with Gasteiger partial charge in [-0.2, -0.15) is 0 Å². The number of aryl methyl sites for hydroxylation is 1. The van der Waals surface area contributed by atoms with Crippen LogP contribution in [0.5, 0.6) is 0 Å². The monoisotopic (exact) mass is 309 g/mol. The Hall–Kier alpha value is -0.870. The molecule has 2 unspecified atom stereocenters. The van der Waals surface area contributed by atoms with Crippen molar-refractivity contribution in [2.45, 2.75) is 57.1 Å². The Morgan fingerprint density at radius 2 is 1.95 bits per heavy atom. The van der Waals surface area contributed by atoms with Gasteiger partial charge in [0.05, 0.1) is 11.0 Å².